The van der Waals surface area contributed by atoms with E-state index in [0.717, 1.165) is 16.8 Å². The van der Waals surface area contributed by atoms with Gasteiger partial charge in [0.1, 0.15) is 0 Å². The first kappa shape index (κ1) is 15.0. The van der Waals surface area contributed by atoms with E-state index in [-0.39, 0.29) is 24.0 Å². The van der Waals surface area contributed by atoms with E-state index in [4.69, 9.17) is 9.94 Å². The molecular formula is C15H18N2O4. The van der Waals surface area contributed by atoms with Crippen LogP contribution < -0.4 is 5.32 Å². The molecule has 1 atom stereocenters. The molecule has 2 N–H and O–H groups in total. The molecule has 0 spiro atoms. The number of benzene rings is 1. The fraction of sp³-hybridized carbons (Fsp3) is 0.400. The molecule has 0 fully saturated rings. The lowest BCUT2D eigenvalue weighted by atomic mass is 9.98. The number of hydrogen-bond donors (Lipinski definition) is 2. The van der Waals surface area contributed by atoms with Crippen LogP contribution in [0.25, 0.3) is 0 Å². The summed E-state index contributed by atoms with van der Waals surface area (Å²) >= 11 is 0. The predicted molar refractivity (Wildman–Crippen MR) is 78.5 cm³/mol. The summed E-state index contributed by atoms with van der Waals surface area (Å²) in [6.07, 6.45) is -0.917. The number of para-hydroxylation sites is 1. The van der Waals surface area contributed by atoms with Gasteiger partial charge >= 0.3 is 5.97 Å². The number of rotatable bonds is 4. The monoisotopic (exact) mass is 290 g/mol. The first-order valence-corrected chi connectivity index (χ1v) is 6.76. The molecule has 6 heteroatoms. The van der Waals surface area contributed by atoms with Crippen molar-refractivity contribution in [2.45, 2.75) is 39.2 Å². The van der Waals surface area contributed by atoms with Crippen LogP contribution in [0.5, 0.6) is 0 Å². The largest absolute Gasteiger partial charge is 0.477 e. The molecule has 0 saturated carbocycles. The number of aryl methyl sites for hydroxylation is 1. The summed E-state index contributed by atoms with van der Waals surface area (Å²) in [7, 11) is 0. The number of amides is 1. The van der Waals surface area contributed by atoms with Gasteiger partial charge in [-0.2, -0.15) is 0 Å². The molecular weight excluding hydrogens is 272 g/mol. The maximum atomic E-state index is 12.2. The number of nitrogens with one attached hydrogen (secondary N) is 1. The fourth-order valence-corrected chi connectivity index (χ4v) is 2.19. The second-order valence-electron chi connectivity index (χ2n) is 5.32. The van der Waals surface area contributed by atoms with Crippen molar-refractivity contribution in [3.8, 4) is 0 Å². The zero-order valence-corrected chi connectivity index (χ0v) is 12.2. The Morgan fingerprint density at radius 2 is 2.14 bits per heavy atom. The zero-order valence-electron chi connectivity index (χ0n) is 12.2. The predicted octanol–water partition coefficient (Wildman–Crippen LogP) is 2.29. The molecule has 1 aliphatic heterocycles. The quantitative estimate of drug-likeness (QED) is 0.890. The molecule has 0 aliphatic carbocycles. The van der Waals surface area contributed by atoms with Gasteiger partial charge in [-0.15, -0.1) is 0 Å². The topological polar surface area (TPSA) is 88.0 Å². The summed E-state index contributed by atoms with van der Waals surface area (Å²) in [4.78, 5) is 27.9. The first-order chi connectivity index (χ1) is 9.90. The van der Waals surface area contributed by atoms with Crippen molar-refractivity contribution in [2.75, 3.05) is 5.32 Å². The van der Waals surface area contributed by atoms with Gasteiger partial charge in [-0.05, 0) is 24.0 Å². The lowest BCUT2D eigenvalue weighted by Crippen LogP contribution is -2.29. The van der Waals surface area contributed by atoms with E-state index in [2.05, 4.69) is 10.5 Å². The van der Waals surface area contributed by atoms with Gasteiger partial charge in [0.05, 0.1) is 0 Å². The van der Waals surface area contributed by atoms with Gasteiger partial charge < -0.3 is 15.3 Å². The van der Waals surface area contributed by atoms with E-state index in [1.54, 1.807) is 0 Å². The number of carbonyl (C=O) groups is 2. The van der Waals surface area contributed by atoms with Gasteiger partial charge in [0, 0.05) is 12.1 Å². The zero-order chi connectivity index (χ0) is 15.6. The lowest BCUT2D eigenvalue weighted by molar-refractivity contribution is -0.129. The third-order valence-electron chi connectivity index (χ3n) is 3.38. The van der Waals surface area contributed by atoms with E-state index in [1.807, 2.05) is 39.0 Å². The van der Waals surface area contributed by atoms with Crippen molar-refractivity contribution in [2.24, 2.45) is 5.16 Å². The van der Waals surface area contributed by atoms with Gasteiger partial charge in [-0.25, -0.2) is 4.79 Å². The Morgan fingerprint density at radius 1 is 1.43 bits per heavy atom. The number of hydrogen-bond acceptors (Lipinski definition) is 4. The summed E-state index contributed by atoms with van der Waals surface area (Å²) in [5.41, 5.74) is 2.60. The Hall–Kier alpha value is -2.37. The molecule has 2 rings (SSSR count). The van der Waals surface area contributed by atoms with E-state index in [1.165, 1.54) is 0 Å². The van der Waals surface area contributed by atoms with Crippen molar-refractivity contribution in [3.63, 3.8) is 0 Å². The number of nitrogens with zero attached hydrogens (tertiary/aromatic N) is 1. The number of carboxylic acids is 1. The molecule has 1 aromatic rings. The van der Waals surface area contributed by atoms with Crippen LogP contribution in [0.2, 0.25) is 0 Å². The van der Waals surface area contributed by atoms with Gasteiger partial charge in [0.2, 0.25) is 6.10 Å². The second-order valence-corrected chi connectivity index (χ2v) is 5.32. The standard InChI is InChI=1S/C15H18N2O4/c1-8(2)10-6-4-5-9(3)13(10)16-14(18)12-7-11(15(19)20)17-21-12/h4-6,8,12H,7H2,1-3H3,(H,16,18)(H,19,20). The van der Waals surface area contributed by atoms with Crippen LogP contribution in [-0.2, 0) is 14.4 Å². The Bertz CT molecular complexity index is 608. The summed E-state index contributed by atoms with van der Waals surface area (Å²) in [6.45, 7) is 6.00. The van der Waals surface area contributed by atoms with Crippen LogP contribution in [0.4, 0.5) is 5.69 Å². The number of oxime groups is 1. The van der Waals surface area contributed by atoms with Gasteiger partial charge in [-0.3, -0.25) is 4.79 Å². The number of anilines is 1. The highest BCUT2D eigenvalue weighted by Gasteiger charge is 2.32. The molecule has 112 valence electrons. The number of carboxylic acid groups (broad SMARTS) is 1. The molecule has 1 amide bonds. The normalized spacial score (nSPS) is 17.3. The Labute approximate surface area is 122 Å². The Kier molecular flexibility index (Phi) is 4.26. The van der Waals surface area contributed by atoms with Crippen LogP contribution in [-0.4, -0.2) is 28.8 Å². The third kappa shape index (κ3) is 3.21. The molecule has 6 nitrogen and oxygen atoms in total. The molecule has 1 heterocycles. The molecule has 1 aliphatic rings. The second kappa shape index (κ2) is 5.95. The molecule has 0 aromatic heterocycles. The maximum Gasteiger partial charge on any atom is 0.353 e. The summed E-state index contributed by atoms with van der Waals surface area (Å²) in [6, 6.07) is 5.82. The molecule has 21 heavy (non-hydrogen) atoms. The van der Waals surface area contributed by atoms with Crippen molar-refractivity contribution in [1.29, 1.82) is 0 Å². The minimum absolute atomic E-state index is 0.0238. The minimum atomic E-state index is -1.16. The highest BCUT2D eigenvalue weighted by Crippen LogP contribution is 2.28. The smallest absolute Gasteiger partial charge is 0.353 e. The van der Waals surface area contributed by atoms with Crippen LogP contribution in [0.1, 0.15) is 37.3 Å². The number of carbonyl (C=O) groups excluding carboxylic acids is 1. The van der Waals surface area contributed by atoms with Crippen molar-refractivity contribution < 1.29 is 19.5 Å². The van der Waals surface area contributed by atoms with Crippen LogP contribution in [0, 0.1) is 6.92 Å². The van der Waals surface area contributed by atoms with Gasteiger partial charge in [0.25, 0.3) is 5.91 Å². The maximum absolute atomic E-state index is 12.2. The third-order valence-corrected chi connectivity index (χ3v) is 3.38. The van der Waals surface area contributed by atoms with E-state index in [9.17, 15) is 9.59 Å². The average molecular weight is 290 g/mol. The lowest BCUT2D eigenvalue weighted by Gasteiger charge is -2.17. The van der Waals surface area contributed by atoms with Crippen molar-refractivity contribution in [1.82, 2.24) is 0 Å². The van der Waals surface area contributed by atoms with Crippen molar-refractivity contribution >= 4 is 23.3 Å². The van der Waals surface area contributed by atoms with Crippen LogP contribution in [0.3, 0.4) is 0 Å². The average Bonchev–Trinajstić information content (AvgIpc) is 2.90. The molecule has 1 unspecified atom stereocenters. The highest BCUT2D eigenvalue weighted by molar-refractivity contribution is 6.36. The summed E-state index contributed by atoms with van der Waals surface area (Å²) in [5, 5.41) is 15.1. The Morgan fingerprint density at radius 3 is 2.71 bits per heavy atom. The fourth-order valence-electron chi connectivity index (χ4n) is 2.19. The molecule has 0 bridgehead atoms. The van der Waals surface area contributed by atoms with Gasteiger partial charge in [0.15, 0.2) is 5.71 Å². The minimum Gasteiger partial charge on any atom is -0.477 e. The summed E-state index contributed by atoms with van der Waals surface area (Å²) in [5.74, 6) is -1.29. The van der Waals surface area contributed by atoms with Crippen LogP contribution >= 0.6 is 0 Å². The SMILES string of the molecule is Cc1cccc(C(C)C)c1NC(=O)C1CC(C(=O)O)=NO1. The first-order valence-electron chi connectivity index (χ1n) is 6.76. The highest BCUT2D eigenvalue weighted by atomic mass is 16.6. The van der Waals surface area contributed by atoms with Gasteiger partial charge in [-0.1, -0.05) is 37.2 Å². The molecule has 1 aromatic carbocycles. The van der Waals surface area contributed by atoms with E-state index < -0.39 is 12.1 Å². The van der Waals surface area contributed by atoms with E-state index in [0.29, 0.717) is 0 Å². The Balaban J connectivity index is 2.13. The molecule has 0 saturated heterocycles. The van der Waals surface area contributed by atoms with Crippen LogP contribution in [0.15, 0.2) is 23.4 Å². The van der Waals surface area contributed by atoms with E-state index >= 15 is 0 Å². The summed E-state index contributed by atoms with van der Waals surface area (Å²) < 4.78 is 0. The number of aliphatic carboxylic acids is 1. The van der Waals surface area contributed by atoms with Crippen molar-refractivity contribution in [3.05, 3.63) is 29.3 Å². The molecule has 0 radical (unpaired) electrons.